The minimum absolute atomic E-state index is 0.136. The van der Waals surface area contributed by atoms with Crippen LogP contribution < -0.4 is 4.74 Å². The van der Waals surface area contributed by atoms with Crippen molar-refractivity contribution in [1.29, 1.82) is 0 Å². The van der Waals surface area contributed by atoms with Crippen LogP contribution in [0.2, 0.25) is 0 Å². The van der Waals surface area contributed by atoms with Crippen molar-refractivity contribution in [2.45, 2.75) is 4.90 Å². The van der Waals surface area contributed by atoms with E-state index in [2.05, 4.69) is 9.43 Å². The van der Waals surface area contributed by atoms with Gasteiger partial charge in [-0.3, -0.25) is 10.1 Å². The third-order valence-corrected chi connectivity index (χ3v) is 2.94. The Labute approximate surface area is 95.5 Å². The predicted octanol–water partition coefficient (Wildman–Crippen LogP) is 1.60. The Morgan fingerprint density at radius 1 is 1.53 bits per heavy atom. The predicted molar refractivity (Wildman–Crippen MR) is 56.0 cm³/mol. The molecule has 9 nitrogen and oxygen atoms in total. The van der Waals surface area contributed by atoms with Gasteiger partial charge in [0.05, 0.1) is 12.0 Å². The summed E-state index contributed by atoms with van der Waals surface area (Å²) in [6.45, 7) is 0. The van der Waals surface area contributed by atoms with Crippen LogP contribution in [0, 0.1) is 10.1 Å². The van der Waals surface area contributed by atoms with Crippen LogP contribution in [0.4, 0.5) is 5.69 Å². The fourth-order valence-corrected chi connectivity index (χ4v) is 1.93. The Morgan fingerprint density at radius 2 is 2.18 bits per heavy atom. The molecule has 0 radical (unpaired) electrons. The zero-order valence-electron chi connectivity index (χ0n) is 8.47. The van der Waals surface area contributed by atoms with Crippen molar-refractivity contribution in [2.24, 2.45) is 4.52 Å². The van der Waals surface area contributed by atoms with E-state index in [1.807, 2.05) is 0 Å². The molecule has 0 unspecified atom stereocenters. The Morgan fingerprint density at radius 3 is 2.65 bits per heavy atom. The monoisotopic (exact) mass is 258 g/mol. The van der Waals surface area contributed by atoms with Gasteiger partial charge in [0.1, 0.15) is 10.6 Å². The Kier molecular flexibility index (Phi) is 3.51. The zero-order valence-corrected chi connectivity index (χ0v) is 9.29. The molecule has 0 heterocycles. The van der Waals surface area contributed by atoms with E-state index in [0.717, 1.165) is 18.2 Å². The zero-order chi connectivity index (χ0) is 13.1. The fourth-order valence-electron chi connectivity index (χ4n) is 1.07. The number of non-ortho nitro benzene ring substituents is 1. The number of sulfonamides is 1. The lowest BCUT2D eigenvalue weighted by Crippen LogP contribution is -2.01. The second kappa shape index (κ2) is 4.68. The molecule has 0 aromatic heterocycles. The van der Waals surface area contributed by atoms with E-state index in [1.165, 1.54) is 7.11 Å². The number of hydrogen-bond donors (Lipinski definition) is 0. The molecule has 0 saturated carbocycles. The van der Waals surface area contributed by atoms with E-state index in [1.54, 1.807) is 0 Å². The first-order valence-electron chi connectivity index (χ1n) is 4.06. The topological polar surface area (TPSA) is 135 Å². The average Bonchev–Trinajstić information content (AvgIpc) is 2.28. The number of hydrogen-bond acceptors (Lipinski definition) is 5. The van der Waals surface area contributed by atoms with Crippen molar-refractivity contribution in [2.75, 3.05) is 7.11 Å². The van der Waals surface area contributed by atoms with Crippen LogP contribution in [0.25, 0.3) is 10.4 Å². The summed E-state index contributed by atoms with van der Waals surface area (Å²) in [7, 11) is -3.14. The summed E-state index contributed by atoms with van der Waals surface area (Å²) in [6, 6.07) is 2.95. The summed E-state index contributed by atoms with van der Waals surface area (Å²) in [5, 5.41) is 10.5. The minimum Gasteiger partial charge on any atom is -0.495 e. The molecule has 0 N–H and O–H groups in total. The van der Waals surface area contributed by atoms with Gasteiger partial charge in [-0.05, 0) is 11.6 Å². The highest BCUT2D eigenvalue weighted by Gasteiger charge is 2.21. The van der Waals surface area contributed by atoms with Crippen LogP contribution in [0.1, 0.15) is 0 Å². The molecule has 0 amide bonds. The number of benzene rings is 1. The first-order valence-corrected chi connectivity index (χ1v) is 5.50. The Hall–Kier alpha value is -2.32. The van der Waals surface area contributed by atoms with Crippen LogP contribution in [0.5, 0.6) is 5.75 Å². The maximum atomic E-state index is 11.5. The van der Waals surface area contributed by atoms with Gasteiger partial charge in [0, 0.05) is 21.6 Å². The quantitative estimate of drug-likeness (QED) is 0.265. The van der Waals surface area contributed by atoms with Gasteiger partial charge < -0.3 is 4.74 Å². The van der Waals surface area contributed by atoms with Gasteiger partial charge >= 0.3 is 0 Å². The van der Waals surface area contributed by atoms with E-state index in [4.69, 9.17) is 10.3 Å². The molecule has 0 aliphatic rings. The summed E-state index contributed by atoms with van der Waals surface area (Å²) < 4.78 is 30.2. The van der Waals surface area contributed by atoms with Crippen LogP contribution in [-0.2, 0) is 10.0 Å². The van der Waals surface area contributed by atoms with E-state index >= 15 is 0 Å². The second-order valence-electron chi connectivity index (χ2n) is 2.74. The largest absolute Gasteiger partial charge is 0.495 e. The van der Waals surface area contributed by atoms with Crippen molar-refractivity contribution >= 4 is 15.7 Å². The number of azide groups is 1. The van der Waals surface area contributed by atoms with Crippen LogP contribution in [0.15, 0.2) is 27.6 Å². The lowest BCUT2D eigenvalue weighted by atomic mass is 10.3. The molecule has 0 fully saturated rings. The van der Waals surface area contributed by atoms with Gasteiger partial charge in [0.15, 0.2) is 0 Å². The van der Waals surface area contributed by atoms with Crippen LogP contribution >= 0.6 is 0 Å². The van der Waals surface area contributed by atoms with E-state index in [9.17, 15) is 18.5 Å². The highest BCUT2D eigenvalue weighted by atomic mass is 32.2. The summed E-state index contributed by atoms with van der Waals surface area (Å²) in [5.41, 5.74) is 7.66. The Bertz CT molecular complexity index is 605. The maximum Gasteiger partial charge on any atom is 0.271 e. The maximum absolute atomic E-state index is 11.5. The summed E-state index contributed by atoms with van der Waals surface area (Å²) >= 11 is 0. The van der Waals surface area contributed by atoms with Gasteiger partial charge in [-0.25, -0.2) is 8.42 Å². The Balaban J connectivity index is 3.54. The molecule has 1 aromatic rings. The molecule has 1 aromatic carbocycles. The van der Waals surface area contributed by atoms with Gasteiger partial charge in [-0.15, -0.1) is 0 Å². The smallest absolute Gasteiger partial charge is 0.271 e. The van der Waals surface area contributed by atoms with Crippen molar-refractivity contribution in [3.63, 3.8) is 0 Å². The molecule has 0 aliphatic carbocycles. The van der Waals surface area contributed by atoms with Gasteiger partial charge in [-0.1, -0.05) is 0 Å². The lowest BCUT2D eigenvalue weighted by Gasteiger charge is -2.05. The summed E-state index contributed by atoms with van der Waals surface area (Å²) in [5.74, 6) is -0.136. The van der Waals surface area contributed by atoms with Crippen molar-refractivity contribution < 1.29 is 18.1 Å². The van der Waals surface area contributed by atoms with Crippen LogP contribution in [-0.4, -0.2) is 20.5 Å². The second-order valence-corrected chi connectivity index (χ2v) is 4.29. The molecule has 0 saturated heterocycles. The third-order valence-electron chi connectivity index (χ3n) is 1.78. The molecular formula is C7H6N4O5S. The number of methoxy groups -OCH3 is 1. The van der Waals surface area contributed by atoms with Gasteiger partial charge in [0.2, 0.25) is 0 Å². The molecule has 90 valence electrons. The highest BCUT2D eigenvalue weighted by Crippen LogP contribution is 2.29. The van der Waals surface area contributed by atoms with Crippen molar-refractivity contribution in [3.8, 4) is 5.75 Å². The minimum atomic E-state index is -4.33. The standard InChI is InChI=1S/C7H6N4O5S/c1-16-6-3-2-5(11(12)13)4-7(6)17(14,15)10-9-8/h2-4H,1H3. The van der Waals surface area contributed by atoms with Crippen molar-refractivity contribution in [3.05, 3.63) is 38.8 Å². The fraction of sp³-hybridized carbons (Fsp3) is 0.143. The number of nitrogens with zero attached hydrogens (tertiary/aromatic N) is 4. The van der Waals surface area contributed by atoms with E-state index in [-0.39, 0.29) is 5.75 Å². The van der Waals surface area contributed by atoms with Crippen molar-refractivity contribution in [1.82, 2.24) is 0 Å². The number of nitro benzene ring substituents is 1. The molecule has 0 aliphatic heterocycles. The van der Waals surface area contributed by atoms with E-state index < -0.39 is 25.5 Å². The van der Waals surface area contributed by atoms with Gasteiger partial charge in [-0.2, -0.15) is 0 Å². The van der Waals surface area contributed by atoms with Gasteiger partial charge in [0.25, 0.3) is 15.7 Å². The third kappa shape index (κ3) is 2.62. The molecule has 0 spiro atoms. The molecule has 0 bridgehead atoms. The lowest BCUT2D eigenvalue weighted by molar-refractivity contribution is -0.385. The van der Waals surface area contributed by atoms with E-state index in [0.29, 0.717) is 0 Å². The number of nitro groups is 1. The first kappa shape index (κ1) is 12.7. The normalized spacial score (nSPS) is 10.4. The summed E-state index contributed by atoms with van der Waals surface area (Å²) in [4.78, 5) is 11.3. The molecule has 10 heteroatoms. The first-order chi connectivity index (χ1) is 7.92. The SMILES string of the molecule is COc1ccc([N+](=O)[O-])cc1S(=O)(=O)N=[N+]=[N-]. The highest BCUT2D eigenvalue weighted by molar-refractivity contribution is 7.90. The molecule has 1 rings (SSSR count). The number of ether oxygens (including phenoxy) is 1. The number of rotatable bonds is 4. The molecular weight excluding hydrogens is 252 g/mol. The van der Waals surface area contributed by atoms with Crippen LogP contribution in [0.3, 0.4) is 0 Å². The summed E-state index contributed by atoms with van der Waals surface area (Å²) in [6.07, 6.45) is 0. The molecule has 17 heavy (non-hydrogen) atoms. The average molecular weight is 258 g/mol. The molecule has 0 atom stereocenters.